The Bertz CT molecular complexity index is 1120. The number of halogens is 2. The normalized spacial score (nSPS) is 15.7. The van der Waals surface area contributed by atoms with Crippen LogP contribution in [0.1, 0.15) is 44.6 Å². The number of hydrogen-bond donors (Lipinski definition) is 1. The van der Waals surface area contributed by atoms with Crippen LogP contribution in [-0.4, -0.2) is 39.8 Å². The van der Waals surface area contributed by atoms with Gasteiger partial charge in [-0.3, -0.25) is 9.59 Å². The van der Waals surface area contributed by atoms with Crippen molar-refractivity contribution < 1.29 is 14.0 Å². The van der Waals surface area contributed by atoms with E-state index in [-0.39, 0.29) is 23.5 Å². The van der Waals surface area contributed by atoms with Crippen LogP contribution in [0.15, 0.2) is 54.7 Å². The number of aromatic nitrogens is 2. The molecule has 2 amide bonds. The summed E-state index contributed by atoms with van der Waals surface area (Å²) in [6, 6.07) is 12.4. The fourth-order valence-corrected chi connectivity index (χ4v) is 3.69. The van der Waals surface area contributed by atoms with Gasteiger partial charge in [0, 0.05) is 41.5 Å². The Morgan fingerprint density at radius 2 is 1.84 bits per heavy atom. The molecule has 1 aliphatic heterocycles. The molecule has 0 bridgehead atoms. The highest BCUT2D eigenvalue weighted by Gasteiger charge is 2.30. The number of hydrogen-bond acceptors (Lipinski definition) is 4. The highest BCUT2D eigenvalue weighted by Crippen LogP contribution is 2.26. The first-order valence-electron chi connectivity index (χ1n) is 9.86. The van der Waals surface area contributed by atoms with Crippen molar-refractivity contribution in [1.82, 2.24) is 14.9 Å². The maximum Gasteiger partial charge on any atom is 0.259 e. The Kier molecular flexibility index (Phi) is 5.95. The molecule has 0 spiro atoms. The first kappa shape index (κ1) is 20.9. The van der Waals surface area contributed by atoms with Gasteiger partial charge in [0.15, 0.2) is 0 Å². The fourth-order valence-electron chi connectivity index (χ4n) is 3.57. The molecule has 2 heterocycles. The van der Waals surface area contributed by atoms with Gasteiger partial charge in [0.05, 0.1) is 11.3 Å². The number of rotatable bonds is 4. The summed E-state index contributed by atoms with van der Waals surface area (Å²) in [7, 11) is 0. The molecule has 2 aromatic carbocycles. The molecular formula is C23H20ClFN4O2. The monoisotopic (exact) mass is 438 g/mol. The average Bonchev–Trinajstić information content (AvgIpc) is 3.25. The van der Waals surface area contributed by atoms with Crippen molar-refractivity contribution >= 4 is 29.1 Å². The van der Waals surface area contributed by atoms with Crippen molar-refractivity contribution in [2.45, 2.75) is 19.3 Å². The maximum absolute atomic E-state index is 13.1. The van der Waals surface area contributed by atoms with E-state index < -0.39 is 0 Å². The molecule has 3 aromatic rings. The van der Waals surface area contributed by atoms with Gasteiger partial charge in [0.1, 0.15) is 11.6 Å². The van der Waals surface area contributed by atoms with Crippen molar-refractivity contribution in [2.24, 2.45) is 0 Å². The van der Waals surface area contributed by atoms with Gasteiger partial charge in [-0.1, -0.05) is 11.6 Å². The largest absolute Gasteiger partial charge is 0.338 e. The lowest BCUT2D eigenvalue weighted by molar-refractivity contribution is 0.0790. The van der Waals surface area contributed by atoms with Crippen LogP contribution in [0.2, 0.25) is 5.02 Å². The van der Waals surface area contributed by atoms with E-state index in [4.69, 9.17) is 11.6 Å². The zero-order valence-corrected chi connectivity index (χ0v) is 17.6. The number of nitrogens with zero attached hydrogens (tertiary/aromatic N) is 3. The van der Waals surface area contributed by atoms with E-state index in [1.54, 1.807) is 36.1 Å². The topological polar surface area (TPSA) is 75.2 Å². The maximum atomic E-state index is 13.1. The summed E-state index contributed by atoms with van der Waals surface area (Å²) < 4.78 is 13.1. The van der Waals surface area contributed by atoms with Crippen LogP contribution in [0.25, 0.3) is 0 Å². The second-order valence-electron chi connectivity index (χ2n) is 7.43. The Balaban J connectivity index is 1.43. The number of carbonyl (C=O) groups excluding carboxylic acids is 2. The Hall–Kier alpha value is -3.32. The van der Waals surface area contributed by atoms with E-state index in [0.717, 1.165) is 6.42 Å². The van der Waals surface area contributed by atoms with Crippen molar-refractivity contribution in [3.8, 4) is 0 Å². The number of benzene rings is 2. The van der Waals surface area contributed by atoms with Crippen LogP contribution in [-0.2, 0) is 0 Å². The van der Waals surface area contributed by atoms with E-state index in [9.17, 15) is 14.0 Å². The van der Waals surface area contributed by atoms with Crippen molar-refractivity contribution in [1.29, 1.82) is 0 Å². The van der Waals surface area contributed by atoms with E-state index in [0.29, 0.717) is 46.4 Å². The smallest absolute Gasteiger partial charge is 0.259 e. The zero-order valence-electron chi connectivity index (χ0n) is 16.8. The standard InChI is InChI=1S/C23H20ClFN4O2/c1-14-20(22(30)28-19-8-4-17(24)5-9-19)12-26-21(27-14)16-10-11-29(13-16)23(31)15-2-6-18(25)7-3-15/h2-9,12,16H,10-11,13H2,1H3,(H,28,30)/t16-/m1/s1. The van der Waals surface area contributed by atoms with Crippen LogP contribution in [0.4, 0.5) is 10.1 Å². The third-order valence-electron chi connectivity index (χ3n) is 5.28. The van der Waals surface area contributed by atoms with Crippen LogP contribution < -0.4 is 5.32 Å². The summed E-state index contributed by atoms with van der Waals surface area (Å²) in [4.78, 5) is 35.9. The number of anilines is 1. The molecule has 1 aliphatic rings. The number of carbonyl (C=O) groups is 2. The number of nitrogens with one attached hydrogen (secondary N) is 1. The summed E-state index contributed by atoms with van der Waals surface area (Å²) in [6.45, 7) is 2.81. The minimum absolute atomic E-state index is 0.0172. The molecule has 1 aromatic heterocycles. The Labute approximate surface area is 184 Å². The first-order valence-corrected chi connectivity index (χ1v) is 10.2. The zero-order chi connectivity index (χ0) is 22.0. The highest BCUT2D eigenvalue weighted by atomic mass is 35.5. The Morgan fingerprint density at radius 3 is 2.52 bits per heavy atom. The molecule has 1 atom stereocenters. The molecule has 0 saturated carbocycles. The Morgan fingerprint density at radius 1 is 1.13 bits per heavy atom. The molecule has 0 unspecified atom stereocenters. The second-order valence-corrected chi connectivity index (χ2v) is 7.87. The minimum Gasteiger partial charge on any atom is -0.338 e. The summed E-state index contributed by atoms with van der Waals surface area (Å²) in [5, 5.41) is 3.39. The van der Waals surface area contributed by atoms with Gasteiger partial charge in [-0.15, -0.1) is 0 Å². The third-order valence-corrected chi connectivity index (χ3v) is 5.53. The molecule has 158 valence electrons. The van der Waals surface area contributed by atoms with Crippen molar-refractivity contribution in [3.63, 3.8) is 0 Å². The van der Waals surface area contributed by atoms with Gasteiger partial charge in [0.25, 0.3) is 11.8 Å². The lowest BCUT2D eigenvalue weighted by atomic mass is 10.1. The van der Waals surface area contributed by atoms with Gasteiger partial charge in [0.2, 0.25) is 0 Å². The lowest BCUT2D eigenvalue weighted by Gasteiger charge is -2.16. The van der Waals surface area contributed by atoms with E-state index in [1.165, 1.54) is 30.5 Å². The van der Waals surface area contributed by atoms with Crippen LogP contribution in [0.3, 0.4) is 0 Å². The van der Waals surface area contributed by atoms with Gasteiger partial charge in [-0.2, -0.15) is 0 Å². The number of aryl methyl sites for hydroxylation is 1. The van der Waals surface area contributed by atoms with Crippen LogP contribution in [0, 0.1) is 12.7 Å². The lowest BCUT2D eigenvalue weighted by Crippen LogP contribution is -2.28. The van der Waals surface area contributed by atoms with Crippen LogP contribution in [0.5, 0.6) is 0 Å². The van der Waals surface area contributed by atoms with Crippen LogP contribution >= 0.6 is 11.6 Å². The number of likely N-dealkylation sites (tertiary alicyclic amines) is 1. The van der Waals surface area contributed by atoms with Gasteiger partial charge >= 0.3 is 0 Å². The van der Waals surface area contributed by atoms with E-state index >= 15 is 0 Å². The molecule has 1 saturated heterocycles. The first-order chi connectivity index (χ1) is 14.9. The van der Waals surface area contributed by atoms with E-state index in [2.05, 4.69) is 15.3 Å². The summed E-state index contributed by atoms with van der Waals surface area (Å²) in [6.07, 6.45) is 2.25. The van der Waals surface area contributed by atoms with Gasteiger partial charge < -0.3 is 10.2 Å². The molecule has 31 heavy (non-hydrogen) atoms. The quantitative estimate of drug-likeness (QED) is 0.652. The molecule has 1 N–H and O–H groups in total. The highest BCUT2D eigenvalue weighted by molar-refractivity contribution is 6.30. The average molecular weight is 439 g/mol. The molecule has 0 aliphatic carbocycles. The SMILES string of the molecule is Cc1nc([C@@H]2CCN(C(=O)c3ccc(F)cc3)C2)ncc1C(=O)Nc1ccc(Cl)cc1. The number of amides is 2. The third kappa shape index (κ3) is 4.72. The molecular weight excluding hydrogens is 419 g/mol. The predicted octanol–water partition coefficient (Wildman–Crippen LogP) is 4.46. The summed E-state index contributed by atoms with van der Waals surface area (Å²) in [5.74, 6) is -0.226. The predicted molar refractivity (Wildman–Crippen MR) is 116 cm³/mol. The summed E-state index contributed by atoms with van der Waals surface area (Å²) in [5.41, 5.74) is 2.03. The van der Waals surface area contributed by atoms with Gasteiger partial charge in [-0.25, -0.2) is 14.4 Å². The van der Waals surface area contributed by atoms with Crippen molar-refractivity contribution in [2.75, 3.05) is 18.4 Å². The molecule has 4 rings (SSSR count). The molecule has 8 heteroatoms. The van der Waals surface area contributed by atoms with E-state index in [1.807, 2.05) is 0 Å². The minimum atomic E-state index is -0.375. The van der Waals surface area contributed by atoms with Crippen molar-refractivity contribution in [3.05, 3.63) is 88.2 Å². The molecule has 1 fully saturated rings. The molecule has 6 nitrogen and oxygen atoms in total. The fraction of sp³-hybridized carbons (Fsp3) is 0.217. The van der Waals surface area contributed by atoms with Gasteiger partial charge in [-0.05, 0) is 61.9 Å². The molecule has 0 radical (unpaired) electrons. The summed E-state index contributed by atoms with van der Waals surface area (Å²) >= 11 is 5.87. The second kappa shape index (κ2) is 8.81.